The average molecular weight is 237 g/mol. The maximum absolute atomic E-state index is 3.92. The quantitative estimate of drug-likeness (QED) is 0.469. The summed E-state index contributed by atoms with van der Waals surface area (Å²) in [6, 6.07) is 2.92. The van der Waals surface area contributed by atoms with Gasteiger partial charge in [0.25, 0.3) is 0 Å². The molecule has 0 nitrogen and oxygen atoms in total. The van der Waals surface area contributed by atoms with Crippen LogP contribution in [0.1, 0.15) is 39.5 Å². The van der Waals surface area contributed by atoms with E-state index in [-0.39, 0.29) is 0 Å². The molecule has 0 fully saturated rings. The number of unbranched alkanes of at least 4 members (excludes halogenated alkanes) is 2. The fourth-order valence-electron chi connectivity index (χ4n) is 1.22. The van der Waals surface area contributed by atoms with E-state index in [1.807, 2.05) is 0 Å². The summed E-state index contributed by atoms with van der Waals surface area (Å²) in [5, 5.41) is 0. The first-order chi connectivity index (χ1) is 5.12. The van der Waals surface area contributed by atoms with E-state index in [1.54, 1.807) is 0 Å². The fraction of sp³-hybridized carbons (Fsp3) is 1.00. The molecule has 68 valence electrons. The van der Waals surface area contributed by atoms with Crippen LogP contribution in [0.4, 0.5) is 0 Å². The van der Waals surface area contributed by atoms with Crippen LogP contribution in [0.25, 0.3) is 0 Å². The predicted octanol–water partition coefficient (Wildman–Crippen LogP) is 4.56. The molecule has 0 amide bonds. The average Bonchev–Trinajstić information content (AvgIpc) is 1.97. The Labute approximate surface area is 80.4 Å². The second kappa shape index (κ2) is 6.24. The van der Waals surface area contributed by atoms with E-state index in [2.05, 4.69) is 35.7 Å². The standard InChI is InChI=1S/C9H21BrSi/c1-4-6-8-11(3,10)9-7-5-2/h4-9H2,1-3H3. The molecular formula is C9H21BrSi. The lowest BCUT2D eigenvalue weighted by molar-refractivity contribution is 0.840. The van der Waals surface area contributed by atoms with E-state index in [9.17, 15) is 0 Å². The van der Waals surface area contributed by atoms with Crippen LogP contribution in [-0.2, 0) is 0 Å². The van der Waals surface area contributed by atoms with Crippen LogP contribution in [-0.4, -0.2) is 6.69 Å². The molecule has 11 heavy (non-hydrogen) atoms. The normalized spacial score (nSPS) is 12.0. The van der Waals surface area contributed by atoms with Crippen LogP contribution in [0, 0.1) is 0 Å². The molecule has 0 saturated heterocycles. The lowest BCUT2D eigenvalue weighted by atomic mass is 10.4. The van der Waals surface area contributed by atoms with Crippen molar-refractivity contribution in [1.29, 1.82) is 0 Å². The molecule has 0 aromatic heterocycles. The zero-order valence-corrected chi connectivity index (χ0v) is 10.7. The molecule has 0 rings (SSSR count). The van der Waals surface area contributed by atoms with Crippen LogP contribution in [0.2, 0.25) is 18.6 Å². The van der Waals surface area contributed by atoms with Gasteiger partial charge in [0.1, 0.15) is 6.69 Å². The van der Waals surface area contributed by atoms with Gasteiger partial charge >= 0.3 is 0 Å². The molecule has 0 unspecified atom stereocenters. The van der Waals surface area contributed by atoms with Crippen molar-refractivity contribution in [1.82, 2.24) is 0 Å². The topological polar surface area (TPSA) is 0 Å². The molecule has 2 heteroatoms. The monoisotopic (exact) mass is 236 g/mol. The van der Waals surface area contributed by atoms with Crippen molar-refractivity contribution < 1.29 is 0 Å². The van der Waals surface area contributed by atoms with E-state index < -0.39 is 6.69 Å². The summed E-state index contributed by atoms with van der Waals surface area (Å²) in [6.45, 7) is 6.07. The minimum atomic E-state index is -0.933. The first-order valence-electron chi connectivity index (χ1n) is 4.81. The van der Waals surface area contributed by atoms with Crippen molar-refractivity contribution in [2.24, 2.45) is 0 Å². The van der Waals surface area contributed by atoms with Gasteiger partial charge in [0.2, 0.25) is 0 Å². The summed E-state index contributed by atoms with van der Waals surface area (Å²) in [6.07, 6.45) is 5.52. The molecule has 0 radical (unpaired) electrons. The number of rotatable bonds is 6. The highest BCUT2D eigenvalue weighted by atomic mass is 79.9. The number of hydrogen-bond acceptors (Lipinski definition) is 0. The molecule has 0 aromatic carbocycles. The molecule has 0 bridgehead atoms. The lowest BCUT2D eigenvalue weighted by Crippen LogP contribution is -2.20. The molecule has 0 atom stereocenters. The maximum Gasteiger partial charge on any atom is 0.127 e. The Morgan fingerprint density at radius 1 is 1.00 bits per heavy atom. The Balaban J connectivity index is 3.43. The summed E-state index contributed by atoms with van der Waals surface area (Å²) >= 11 is 3.92. The molecule has 0 spiro atoms. The van der Waals surface area contributed by atoms with Crippen molar-refractivity contribution in [2.75, 3.05) is 0 Å². The molecule has 0 aromatic rings. The molecular weight excluding hydrogens is 216 g/mol. The fourth-order valence-corrected chi connectivity index (χ4v) is 5.33. The summed E-state index contributed by atoms with van der Waals surface area (Å²) in [4.78, 5) is 0. The molecule has 0 N–H and O–H groups in total. The summed E-state index contributed by atoms with van der Waals surface area (Å²) in [5.41, 5.74) is 0. The largest absolute Gasteiger partial charge is 0.127 e. The third kappa shape index (κ3) is 7.07. The molecule has 0 aliphatic rings. The van der Waals surface area contributed by atoms with Crippen LogP contribution >= 0.6 is 15.3 Å². The molecule has 0 saturated carbocycles. The highest BCUT2D eigenvalue weighted by Gasteiger charge is 2.21. The Bertz CT molecular complexity index is 81.6. The smallest absolute Gasteiger partial charge is 0.126 e. The molecule has 0 aliphatic heterocycles. The lowest BCUT2D eigenvalue weighted by Gasteiger charge is -2.18. The van der Waals surface area contributed by atoms with E-state index in [4.69, 9.17) is 0 Å². The van der Waals surface area contributed by atoms with Crippen LogP contribution < -0.4 is 0 Å². The van der Waals surface area contributed by atoms with Crippen molar-refractivity contribution in [3.8, 4) is 0 Å². The van der Waals surface area contributed by atoms with Crippen molar-refractivity contribution in [3.63, 3.8) is 0 Å². The van der Waals surface area contributed by atoms with E-state index in [1.165, 1.54) is 37.8 Å². The van der Waals surface area contributed by atoms with Crippen LogP contribution in [0.5, 0.6) is 0 Å². The Morgan fingerprint density at radius 3 is 1.64 bits per heavy atom. The first-order valence-corrected chi connectivity index (χ1v) is 9.98. The van der Waals surface area contributed by atoms with Gasteiger partial charge in [-0.2, -0.15) is 0 Å². The zero-order chi connectivity index (χ0) is 8.74. The Kier molecular flexibility index (Phi) is 6.63. The third-order valence-corrected chi connectivity index (χ3v) is 7.27. The summed E-state index contributed by atoms with van der Waals surface area (Å²) < 4.78 is 0. The minimum Gasteiger partial charge on any atom is -0.126 e. The van der Waals surface area contributed by atoms with Gasteiger partial charge in [0, 0.05) is 0 Å². The highest BCUT2D eigenvalue weighted by molar-refractivity contribution is 9.26. The summed E-state index contributed by atoms with van der Waals surface area (Å²) in [7, 11) is 0. The zero-order valence-electron chi connectivity index (χ0n) is 8.12. The molecule has 0 aliphatic carbocycles. The van der Waals surface area contributed by atoms with Crippen molar-refractivity contribution in [2.45, 2.75) is 58.2 Å². The van der Waals surface area contributed by atoms with Crippen molar-refractivity contribution >= 4 is 22.0 Å². The van der Waals surface area contributed by atoms with Gasteiger partial charge in [-0.1, -0.05) is 46.1 Å². The van der Waals surface area contributed by atoms with Gasteiger partial charge in [-0.25, -0.2) is 0 Å². The number of halogens is 1. The Hall–Kier alpha value is 0.697. The van der Waals surface area contributed by atoms with Crippen LogP contribution in [0.15, 0.2) is 0 Å². The predicted molar refractivity (Wildman–Crippen MR) is 60.0 cm³/mol. The van der Waals surface area contributed by atoms with Gasteiger partial charge in [-0.15, -0.1) is 15.3 Å². The second-order valence-electron chi connectivity index (χ2n) is 3.62. The van der Waals surface area contributed by atoms with Crippen LogP contribution in [0.3, 0.4) is 0 Å². The maximum atomic E-state index is 3.92. The van der Waals surface area contributed by atoms with Gasteiger partial charge in [0.15, 0.2) is 0 Å². The first kappa shape index (κ1) is 11.7. The highest BCUT2D eigenvalue weighted by Crippen LogP contribution is 2.27. The van der Waals surface area contributed by atoms with Gasteiger partial charge in [-0.3, -0.25) is 0 Å². The van der Waals surface area contributed by atoms with E-state index >= 15 is 0 Å². The third-order valence-electron chi connectivity index (χ3n) is 2.10. The summed E-state index contributed by atoms with van der Waals surface area (Å²) in [5.74, 6) is 0. The van der Waals surface area contributed by atoms with Gasteiger partial charge < -0.3 is 0 Å². The Morgan fingerprint density at radius 2 is 1.36 bits per heavy atom. The minimum absolute atomic E-state index is 0.933. The van der Waals surface area contributed by atoms with Gasteiger partial charge in [0.05, 0.1) is 0 Å². The molecule has 0 heterocycles. The second-order valence-corrected chi connectivity index (χ2v) is 13.2. The van der Waals surface area contributed by atoms with E-state index in [0.29, 0.717) is 0 Å². The van der Waals surface area contributed by atoms with E-state index in [0.717, 1.165) is 0 Å². The van der Waals surface area contributed by atoms with Gasteiger partial charge in [-0.05, 0) is 12.1 Å². The number of hydrogen-bond donors (Lipinski definition) is 0. The van der Waals surface area contributed by atoms with Crippen molar-refractivity contribution in [3.05, 3.63) is 0 Å². The SMILES string of the molecule is CCCC[Si](C)(Br)CCCC.